The van der Waals surface area contributed by atoms with Crippen molar-refractivity contribution in [3.63, 3.8) is 0 Å². The number of para-hydroxylation sites is 1. The molecule has 0 fully saturated rings. The lowest BCUT2D eigenvalue weighted by atomic mass is 10.2. The number of amides is 2. The molecule has 0 aliphatic carbocycles. The molecule has 0 saturated heterocycles. The SMILES string of the molecule is CC(=O)N(c1nc(/C=C/C(=O)Nc2ccc3c(c2)OCCO3)cs1)c1ccccc1F. The predicted octanol–water partition coefficient (Wildman–Crippen LogP) is 4.39. The summed E-state index contributed by atoms with van der Waals surface area (Å²) in [4.78, 5) is 29.9. The maximum Gasteiger partial charge on any atom is 0.248 e. The van der Waals surface area contributed by atoms with Crippen molar-refractivity contribution in [2.24, 2.45) is 0 Å². The van der Waals surface area contributed by atoms with Crippen LogP contribution in [-0.4, -0.2) is 30.0 Å². The Labute approximate surface area is 181 Å². The standard InChI is InChI=1S/C22H18FN3O4S/c1-14(27)26(18-5-3-2-4-17(18)23)22-25-16(13-31-22)7-9-21(28)24-15-6-8-19-20(12-15)30-11-10-29-19/h2-9,12-13H,10-11H2,1H3,(H,24,28)/b9-7+. The number of nitrogens with one attached hydrogen (secondary N) is 1. The highest BCUT2D eigenvalue weighted by molar-refractivity contribution is 7.14. The van der Waals surface area contributed by atoms with Gasteiger partial charge in [-0.2, -0.15) is 0 Å². The number of rotatable bonds is 5. The predicted molar refractivity (Wildman–Crippen MR) is 116 cm³/mol. The number of ether oxygens (including phenoxy) is 2. The van der Waals surface area contributed by atoms with E-state index in [1.165, 1.54) is 47.4 Å². The third-order valence-electron chi connectivity index (χ3n) is 4.32. The molecule has 0 atom stereocenters. The van der Waals surface area contributed by atoms with Crippen LogP contribution < -0.4 is 19.7 Å². The molecule has 3 aromatic rings. The highest BCUT2D eigenvalue weighted by Gasteiger charge is 2.20. The van der Waals surface area contributed by atoms with Crippen LogP contribution in [0.3, 0.4) is 0 Å². The van der Waals surface area contributed by atoms with Crippen LogP contribution in [0.1, 0.15) is 12.6 Å². The fourth-order valence-electron chi connectivity index (χ4n) is 2.96. The average Bonchev–Trinajstić information content (AvgIpc) is 3.22. The van der Waals surface area contributed by atoms with Crippen molar-refractivity contribution in [1.29, 1.82) is 0 Å². The molecule has 2 amide bonds. The zero-order valence-corrected chi connectivity index (χ0v) is 17.3. The molecule has 1 aromatic heterocycles. The Hall–Kier alpha value is -3.72. The van der Waals surface area contributed by atoms with Crippen molar-refractivity contribution in [1.82, 2.24) is 4.98 Å². The molecule has 158 valence electrons. The Balaban J connectivity index is 1.46. The topological polar surface area (TPSA) is 80.8 Å². The summed E-state index contributed by atoms with van der Waals surface area (Å²) in [6, 6.07) is 11.1. The smallest absolute Gasteiger partial charge is 0.248 e. The van der Waals surface area contributed by atoms with E-state index in [-0.39, 0.29) is 17.5 Å². The molecule has 31 heavy (non-hydrogen) atoms. The number of hydrogen-bond donors (Lipinski definition) is 1. The Kier molecular flexibility index (Phi) is 5.94. The first-order valence-electron chi connectivity index (χ1n) is 9.41. The molecule has 2 aromatic carbocycles. The van der Waals surface area contributed by atoms with Gasteiger partial charge in [0, 0.05) is 30.1 Å². The van der Waals surface area contributed by atoms with Crippen molar-refractivity contribution in [2.45, 2.75) is 6.92 Å². The first-order chi connectivity index (χ1) is 15.0. The molecular weight excluding hydrogens is 421 g/mol. The summed E-state index contributed by atoms with van der Waals surface area (Å²) in [5, 5.41) is 4.73. The summed E-state index contributed by atoms with van der Waals surface area (Å²) in [5.74, 6) is -0.0341. The van der Waals surface area contributed by atoms with Crippen LogP contribution in [0.15, 0.2) is 53.9 Å². The molecule has 4 rings (SSSR count). The highest BCUT2D eigenvalue weighted by Crippen LogP contribution is 2.33. The number of carbonyl (C=O) groups is 2. The van der Waals surface area contributed by atoms with Gasteiger partial charge in [-0.3, -0.25) is 14.5 Å². The molecule has 0 saturated carbocycles. The third kappa shape index (κ3) is 4.72. The minimum atomic E-state index is -0.524. The van der Waals surface area contributed by atoms with Gasteiger partial charge in [0.2, 0.25) is 11.8 Å². The maximum absolute atomic E-state index is 14.2. The van der Waals surface area contributed by atoms with Gasteiger partial charge in [0.25, 0.3) is 0 Å². The van der Waals surface area contributed by atoms with Gasteiger partial charge in [0.1, 0.15) is 19.0 Å². The van der Waals surface area contributed by atoms with E-state index >= 15 is 0 Å². The number of fused-ring (bicyclic) bond motifs is 1. The summed E-state index contributed by atoms with van der Waals surface area (Å²) >= 11 is 1.17. The highest BCUT2D eigenvalue weighted by atomic mass is 32.1. The molecule has 0 unspecified atom stereocenters. The molecule has 2 heterocycles. The fourth-order valence-corrected chi connectivity index (χ4v) is 3.81. The Morgan fingerprint density at radius 1 is 1.16 bits per heavy atom. The summed E-state index contributed by atoms with van der Waals surface area (Å²) in [7, 11) is 0. The van der Waals surface area contributed by atoms with Gasteiger partial charge in [0.05, 0.1) is 11.4 Å². The van der Waals surface area contributed by atoms with Crippen LogP contribution in [0.5, 0.6) is 11.5 Å². The van der Waals surface area contributed by atoms with E-state index in [1.807, 2.05) is 0 Å². The molecule has 9 heteroatoms. The minimum absolute atomic E-state index is 0.122. The van der Waals surface area contributed by atoms with Gasteiger partial charge >= 0.3 is 0 Å². The average molecular weight is 439 g/mol. The molecule has 0 radical (unpaired) electrons. The van der Waals surface area contributed by atoms with Crippen LogP contribution in [0.2, 0.25) is 0 Å². The van der Waals surface area contributed by atoms with Crippen LogP contribution in [0.4, 0.5) is 20.9 Å². The minimum Gasteiger partial charge on any atom is -0.486 e. The van der Waals surface area contributed by atoms with Gasteiger partial charge in [-0.25, -0.2) is 9.37 Å². The van der Waals surface area contributed by atoms with Crippen molar-refractivity contribution < 1.29 is 23.5 Å². The third-order valence-corrected chi connectivity index (χ3v) is 5.17. The number of carbonyl (C=O) groups excluding carboxylic acids is 2. The monoisotopic (exact) mass is 439 g/mol. The lowest BCUT2D eigenvalue weighted by Crippen LogP contribution is -2.23. The number of benzene rings is 2. The van der Waals surface area contributed by atoms with Crippen LogP contribution >= 0.6 is 11.3 Å². The largest absolute Gasteiger partial charge is 0.486 e. The molecule has 1 aliphatic heterocycles. The lowest BCUT2D eigenvalue weighted by molar-refractivity contribution is -0.116. The van der Waals surface area contributed by atoms with E-state index in [1.54, 1.807) is 35.7 Å². The second-order valence-corrected chi connectivity index (χ2v) is 7.38. The molecule has 7 nitrogen and oxygen atoms in total. The van der Waals surface area contributed by atoms with E-state index in [9.17, 15) is 14.0 Å². The summed E-state index contributed by atoms with van der Waals surface area (Å²) in [5.41, 5.74) is 1.16. The van der Waals surface area contributed by atoms with E-state index in [0.717, 1.165) is 0 Å². The molecule has 1 aliphatic rings. The molecular formula is C22H18FN3O4S. The second-order valence-electron chi connectivity index (χ2n) is 6.54. The van der Waals surface area contributed by atoms with Crippen molar-refractivity contribution in [3.05, 3.63) is 65.4 Å². The first-order valence-corrected chi connectivity index (χ1v) is 10.3. The molecule has 0 spiro atoms. The number of halogens is 1. The van der Waals surface area contributed by atoms with Crippen molar-refractivity contribution in [3.8, 4) is 11.5 Å². The Bertz CT molecular complexity index is 1160. The lowest BCUT2D eigenvalue weighted by Gasteiger charge is -2.18. The van der Waals surface area contributed by atoms with Gasteiger partial charge < -0.3 is 14.8 Å². The van der Waals surface area contributed by atoms with Crippen molar-refractivity contribution >= 4 is 45.7 Å². The maximum atomic E-state index is 14.2. The first kappa shape index (κ1) is 20.5. The summed E-state index contributed by atoms with van der Waals surface area (Å²) in [6.07, 6.45) is 2.85. The van der Waals surface area contributed by atoms with Gasteiger partial charge in [-0.1, -0.05) is 12.1 Å². The number of hydrogen-bond acceptors (Lipinski definition) is 6. The van der Waals surface area contributed by atoms with E-state index in [2.05, 4.69) is 10.3 Å². The van der Waals surface area contributed by atoms with E-state index < -0.39 is 5.82 Å². The summed E-state index contributed by atoms with van der Waals surface area (Å²) in [6.45, 7) is 2.29. The Morgan fingerprint density at radius 3 is 2.71 bits per heavy atom. The molecule has 0 bridgehead atoms. The second kappa shape index (κ2) is 8.97. The van der Waals surface area contributed by atoms with Crippen LogP contribution in [0, 0.1) is 5.82 Å². The number of nitrogens with zero attached hydrogens (tertiary/aromatic N) is 2. The number of aromatic nitrogens is 1. The van der Waals surface area contributed by atoms with Gasteiger partial charge in [-0.15, -0.1) is 11.3 Å². The number of anilines is 3. The van der Waals surface area contributed by atoms with Crippen molar-refractivity contribution in [2.75, 3.05) is 23.4 Å². The normalized spacial score (nSPS) is 12.6. The fraction of sp³-hybridized carbons (Fsp3) is 0.136. The van der Waals surface area contributed by atoms with Crippen LogP contribution in [-0.2, 0) is 9.59 Å². The van der Waals surface area contributed by atoms with Gasteiger partial charge in [0.15, 0.2) is 16.6 Å². The van der Waals surface area contributed by atoms with Crippen LogP contribution in [0.25, 0.3) is 6.08 Å². The Morgan fingerprint density at radius 2 is 1.94 bits per heavy atom. The quantitative estimate of drug-likeness (QED) is 0.597. The summed E-state index contributed by atoms with van der Waals surface area (Å²) < 4.78 is 25.1. The molecule has 1 N–H and O–H groups in total. The van der Waals surface area contributed by atoms with Gasteiger partial charge in [-0.05, 0) is 30.3 Å². The van der Waals surface area contributed by atoms with E-state index in [4.69, 9.17) is 9.47 Å². The number of thiazole rings is 1. The van der Waals surface area contributed by atoms with E-state index in [0.29, 0.717) is 41.2 Å². The zero-order chi connectivity index (χ0) is 21.8. The zero-order valence-electron chi connectivity index (χ0n) is 16.5.